The average molecular weight is 310 g/mol. The second kappa shape index (κ2) is 7.18. The van der Waals surface area contributed by atoms with Gasteiger partial charge in [-0.05, 0) is 33.8 Å². The van der Waals surface area contributed by atoms with Crippen LogP contribution in [-0.4, -0.2) is 23.5 Å². The minimum atomic E-state index is -0.796. The molecule has 0 aliphatic rings. The lowest BCUT2D eigenvalue weighted by atomic mass is 10.2. The third-order valence-electron chi connectivity index (χ3n) is 2.59. The Morgan fingerprint density at radius 3 is 2.65 bits per heavy atom. The molecule has 0 saturated carbocycles. The molecule has 106 valence electrons. The van der Waals surface area contributed by atoms with Gasteiger partial charge in [0, 0.05) is 11.4 Å². The maximum atomic E-state index is 11.5. The zero-order valence-corrected chi connectivity index (χ0v) is 12.2. The standard InChI is InChI=1S/C13H14N2O3S2/c16-11(9-3-5-19-8-9)7-15-13(18)12(17)14-6-10-2-1-4-20-10/h1-5,8,11,16H,6-7H2,(H,14,17)(H,15,18)/t11-/m1/s1. The van der Waals surface area contributed by atoms with Crippen molar-refractivity contribution in [3.8, 4) is 0 Å². The molecule has 0 radical (unpaired) electrons. The van der Waals surface area contributed by atoms with E-state index in [4.69, 9.17) is 0 Å². The number of hydrogen-bond acceptors (Lipinski definition) is 5. The van der Waals surface area contributed by atoms with Crippen LogP contribution in [0.4, 0.5) is 0 Å². The van der Waals surface area contributed by atoms with Gasteiger partial charge in [0.15, 0.2) is 0 Å². The second-order valence-electron chi connectivity index (χ2n) is 4.04. The number of carbonyl (C=O) groups excluding carboxylic acids is 2. The zero-order valence-electron chi connectivity index (χ0n) is 10.5. The van der Waals surface area contributed by atoms with E-state index in [1.807, 2.05) is 22.9 Å². The van der Waals surface area contributed by atoms with E-state index in [0.29, 0.717) is 6.54 Å². The summed E-state index contributed by atoms with van der Waals surface area (Å²) in [7, 11) is 0. The predicted molar refractivity (Wildman–Crippen MR) is 78.5 cm³/mol. The van der Waals surface area contributed by atoms with Crippen LogP contribution in [0.3, 0.4) is 0 Å². The molecule has 0 saturated heterocycles. The number of aliphatic hydroxyl groups excluding tert-OH is 1. The topological polar surface area (TPSA) is 78.4 Å². The van der Waals surface area contributed by atoms with Gasteiger partial charge < -0.3 is 15.7 Å². The van der Waals surface area contributed by atoms with Crippen LogP contribution in [-0.2, 0) is 16.1 Å². The molecular formula is C13H14N2O3S2. The first-order valence-corrected chi connectivity index (χ1v) is 7.77. The molecular weight excluding hydrogens is 296 g/mol. The van der Waals surface area contributed by atoms with Gasteiger partial charge in [-0.1, -0.05) is 6.07 Å². The van der Waals surface area contributed by atoms with E-state index >= 15 is 0 Å². The molecule has 5 nitrogen and oxygen atoms in total. The lowest BCUT2D eigenvalue weighted by molar-refractivity contribution is -0.139. The Hall–Kier alpha value is -1.70. The van der Waals surface area contributed by atoms with Crippen LogP contribution in [0.15, 0.2) is 34.3 Å². The van der Waals surface area contributed by atoms with Crippen molar-refractivity contribution in [1.29, 1.82) is 0 Å². The summed E-state index contributed by atoms with van der Waals surface area (Å²) in [5.74, 6) is -1.44. The fourth-order valence-corrected chi connectivity index (χ4v) is 2.86. The van der Waals surface area contributed by atoms with Gasteiger partial charge in [0.1, 0.15) is 0 Å². The third-order valence-corrected chi connectivity index (χ3v) is 4.17. The Morgan fingerprint density at radius 1 is 1.20 bits per heavy atom. The van der Waals surface area contributed by atoms with Crippen molar-refractivity contribution >= 4 is 34.5 Å². The monoisotopic (exact) mass is 310 g/mol. The lowest BCUT2D eigenvalue weighted by Gasteiger charge is -2.10. The summed E-state index contributed by atoms with van der Waals surface area (Å²) in [6.45, 7) is 0.346. The summed E-state index contributed by atoms with van der Waals surface area (Å²) >= 11 is 2.97. The van der Waals surface area contributed by atoms with Crippen molar-refractivity contribution in [3.05, 3.63) is 44.8 Å². The van der Waals surface area contributed by atoms with Gasteiger partial charge in [-0.3, -0.25) is 9.59 Å². The Morgan fingerprint density at radius 2 is 2.00 bits per heavy atom. The van der Waals surface area contributed by atoms with Crippen LogP contribution in [0.5, 0.6) is 0 Å². The minimum Gasteiger partial charge on any atom is -0.387 e. The number of hydrogen-bond donors (Lipinski definition) is 3. The molecule has 0 bridgehead atoms. The molecule has 3 N–H and O–H groups in total. The molecule has 1 atom stereocenters. The molecule has 7 heteroatoms. The molecule has 0 spiro atoms. The molecule has 0 aliphatic carbocycles. The molecule has 2 aromatic rings. The van der Waals surface area contributed by atoms with Gasteiger partial charge in [-0.15, -0.1) is 11.3 Å². The molecule has 0 fully saturated rings. The van der Waals surface area contributed by atoms with Crippen molar-refractivity contribution in [2.45, 2.75) is 12.6 Å². The fraction of sp³-hybridized carbons (Fsp3) is 0.231. The molecule has 2 rings (SSSR count). The Bertz CT molecular complexity index is 552. The highest BCUT2D eigenvalue weighted by Crippen LogP contribution is 2.14. The number of nitrogens with one attached hydrogen (secondary N) is 2. The molecule has 2 heterocycles. The van der Waals surface area contributed by atoms with E-state index in [0.717, 1.165) is 10.4 Å². The van der Waals surface area contributed by atoms with Crippen molar-refractivity contribution in [1.82, 2.24) is 10.6 Å². The highest BCUT2D eigenvalue weighted by Gasteiger charge is 2.15. The molecule has 0 unspecified atom stereocenters. The lowest BCUT2D eigenvalue weighted by Crippen LogP contribution is -2.41. The number of amides is 2. The number of thiophene rings is 2. The third kappa shape index (κ3) is 4.16. The van der Waals surface area contributed by atoms with Crippen molar-refractivity contribution < 1.29 is 14.7 Å². The van der Waals surface area contributed by atoms with E-state index in [9.17, 15) is 14.7 Å². The van der Waals surface area contributed by atoms with Gasteiger partial charge >= 0.3 is 11.8 Å². The molecule has 0 aliphatic heterocycles. The first-order valence-electron chi connectivity index (χ1n) is 5.95. The summed E-state index contributed by atoms with van der Waals surface area (Å²) < 4.78 is 0. The Labute approximate surface area is 124 Å². The predicted octanol–water partition coefficient (Wildman–Crippen LogP) is 1.28. The zero-order chi connectivity index (χ0) is 14.4. The molecule has 0 aromatic carbocycles. The first-order chi connectivity index (χ1) is 9.66. The quantitative estimate of drug-likeness (QED) is 0.728. The Balaban J connectivity index is 1.72. The van der Waals surface area contributed by atoms with Gasteiger partial charge in [-0.2, -0.15) is 11.3 Å². The van der Waals surface area contributed by atoms with E-state index in [1.54, 1.807) is 11.4 Å². The highest BCUT2D eigenvalue weighted by molar-refractivity contribution is 7.09. The minimum absolute atomic E-state index is 0.0159. The summed E-state index contributed by atoms with van der Waals surface area (Å²) in [4.78, 5) is 24.1. The van der Waals surface area contributed by atoms with Gasteiger partial charge in [0.05, 0.1) is 12.6 Å². The molecule has 20 heavy (non-hydrogen) atoms. The van der Waals surface area contributed by atoms with Crippen LogP contribution in [0.1, 0.15) is 16.5 Å². The van der Waals surface area contributed by atoms with E-state index in [2.05, 4.69) is 10.6 Å². The molecule has 2 aromatic heterocycles. The average Bonchev–Trinajstić information content (AvgIpc) is 3.13. The maximum absolute atomic E-state index is 11.5. The number of carbonyl (C=O) groups is 2. The van der Waals surface area contributed by atoms with E-state index < -0.39 is 17.9 Å². The van der Waals surface area contributed by atoms with Crippen LogP contribution >= 0.6 is 22.7 Å². The van der Waals surface area contributed by atoms with Gasteiger partial charge in [0.2, 0.25) is 0 Å². The van der Waals surface area contributed by atoms with Crippen LogP contribution in [0, 0.1) is 0 Å². The summed E-state index contributed by atoms with van der Waals surface area (Å²) in [6.07, 6.45) is -0.796. The van der Waals surface area contributed by atoms with E-state index in [-0.39, 0.29) is 6.54 Å². The number of aliphatic hydroxyl groups is 1. The van der Waals surface area contributed by atoms with Crippen LogP contribution in [0.25, 0.3) is 0 Å². The van der Waals surface area contributed by atoms with Crippen molar-refractivity contribution in [2.75, 3.05) is 6.54 Å². The first kappa shape index (κ1) is 14.7. The summed E-state index contributed by atoms with van der Waals surface area (Å²) in [5.41, 5.74) is 0.731. The maximum Gasteiger partial charge on any atom is 0.309 e. The summed E-state index contributed by atoms with van der Waals surface area (Å²) in [6, 6.07) is 5.53. The highest BCUT2D eigenvalue weighted by atomic mass is 32.1. The number of rotatable bonds is 5. The van der Waals surface area contributed by atoms with Crippen molar-refractivity contribution in [3.63, 3.8) is 0 Å². The van der Waals surface area contributed by atoms with Crippen molar-refractivity contribution in [2.24, 2.45) is 0 Å². The van der Waals surface area contributed by atoms with Crippen LogP contribution < -0.4 is 10.6 Å². The fourth-order valence-electron chi connectivity index (χ4n) is 1.51. The SMILES string of the molecule is O=C(NCc1cccs1)C(=O)NC[C@@H](O)c1ccsc1. The molecule has 2 amide bonds. The van der Waals surface area contributed by atoms with Crippen LogP contribution in [0.2, 0.25) is 0 Å². The van der Waals surface area contributed by atoms with Gasteiger partial charge in [0.25, 0.3) is 0 Å². The summed E-state index contributed by atoms with van der Waals surface area (Å²) in [5, 5.41) is 20.3. The smallest absolute Gasteiger partial charge is 0.309 e. The Kier molecular flexibility index (Phi) is 5.28. The van der Waals surface area contributed by atoms with E-state index in [1.165, 1.54) is 22.7 Å². The van der Waals surface area contributed by atoms with Gasteiger partial charge in [-0.25, -0.2) is 0 Å². The normalized spacial score (nSPS) is 11.8. The largest absolute Gasteiger partial charge is 0.387 e. The second-order valence-corrected chi connectivity index (χ2v) is 5.86.